The van der Waals surface area contributed by atoms with Gasteiger partial charge in [-0.1, -0.05) is 0 Å². The van der Waals surface area contributed by atoms with Gasteiger partial charge in [-0.3, -0.25) is 9.59 Å². The number of aliphatic hydroxyl groups is 1. The Morgan fingerprint density at radius 3 is 2.42 bits per heavy atom. The minimum Gasteiger partial charge on any atom is -0.396 e. The van der Waals surface area contributed by atoms with Gasteiger partial charge in [-0.25, -0.2) is 0 Å². The highest BCUT2D eigenvalue weighted by Gasteiger charge is 2.16. The molecule has 1 unspecified atom stereocenters. The van der Waals surface area contributed by atoms with Crippen molar-refractivity contribution in [3.63, 3.8) is 0 Å². The van der Waals surface area contributed by atoms with E-state index in [1.165, 1.54) is 14.0 Å². The summed E-state index contributed by atoms with van der Waals surface area (Å²) in [7, 11) is 1.48. The fourth-order valence-electron chi connectivity index (χ4n) is 0.818. The molecule has 0 saturated heterocycles. The molecule has 0 aromatic heterocycles. The van der Waals surface area contributed by atoms with E-state index in [-0.39, 0.29) is 24.8 Å². The maximum Gasteiger partial charge on any atom is 0.242 e. The molecule has 0 bridgehead atoms. The fourth-order valence-corrected chi connectivity index (χ4v) is 0.818. The molecular formula is C7H14N2O3. The average Bonchev–Trinajstić information content (AvgIpc) is 2.01. The molecule has 0 rings (SSSR count). The maximum atomic E-state index is 11.0. The molecule has 12 heavy (non-hydrogen) atoms. The van der Waals surface area contributed by atoms with Crippen LogP contribution in [-0.4, -0.2) is 36.6 Å². The van der Waals surface area contributed by atoms with Gasteiger partial charge in [-0.05, 0) is 6.42 Å². The Labute approximate surface area is 71.1 Å². The quantitative estimate of drug-likeness (QED) is 0.491. The average molecular weight is 174 g/mol. The lowest BCUT2D eigenvalue weighted by molar-refractivity contribution is -0.128. The molecule has 0 aliphatic heterocycles. The molecule has 0 radical (unpaired) electrons. The first-order chi connectivity index (χ1) is 5.61. The van der Waals surface area contributed by atoms with Gasteiger partial charge in [0.15, 0.2) is 0 Å². The summed E-state index contributed by atoms with van der Waals surface area (Å²) in [5.74, 6) is -0.573. The van der Waals surface area contributed by atoms with E-state index in [2.05, 4.69) is 10.6 Å². The minimum atomic E-state index is -0.627. The molecule has 5 heteroatoms. The Balaban J connectivity index is 4.02. The van der Waals surface area contributed by atoms with Crippen molar-refractivity contribution in [3.05, 3.63) is 0 Å². The standard InChI is InChI=1S/C7H14N2O3/c1-5(11)9-6(3-4-10)7(12)8-2/h6,10H,3-4H2,1-2H3,(H,8,12)(H,9,11). The van der Waals surface area contributed by atoms with Crippen molar-refractivity contribution in [2.24, 2.45) is 0 Å². The number of nitrogens with one attached hydrogen (secondary N) is 2. The van der Waals surface area contributed by atoms with Crippen LogP contribution in [0.3, 0.4) is 0 Å². The Kier molecular flexibility index (Phi) is 5.03. The minimum absolute atomic E-state index is 0.127. The first kappa shape index (κ1) is 10.9. The molecule has 2 amide bonds. The lowest BCUT2D eigenvalue weighted by Crippen LogP contribution is -2.45. The molecule has 0 aromatic rings. The van der Waals surface area contributed by atoms with E-state index in [9.17, 15) is 9.59 Å². The first-order valence-corrected chi connectivity index (χ1v) is 3.71. The van der Waals surface area contributed by atoms with E-state index < -0.39 is 6.04 Å². The van der Waals surface area contributed by atoms with Gasteiger partial charge in [-0.15, -0.1) is 0 Å². The number of amides is 2. The SMILES string of the molecule is CNC(=O)C(CCO)NC(C)=O. The Morgan fingerprint density at radius 1 is 1.50 bits per heavy atom. The van der Waals surface area contributed by atoms with E-state index in [4.69, 9.17) is 5.11 Å². The number of aliphatic hydroxyl groups excluding tert-OH is 1. The van der Waals surface area contributed by atoms with Gasteiger partial charge >= 0.3 is 0 Å². The molecule has 0 aliphatic rings. The van der Waals surface area contributed by atoms with Crippen LogP contribution < -0.4 is 10.6 Å². The lowest BCUT2D eigenvalue weighted by Gasteiger charge is -2.14. The molecule has 5 nitrogen and oxygen atoms in total. The van der Waals surface area contributed by atoms with Crippen LogP contribution in [0.15, 0.2) is 0 Å². The third kappa shape index (κ3) is 3.92. The van der Waals surface area contributed by atoms with Crippen LogP contribution in [0.5, 0.6) is 0 Å². The van der Waals surface area contributed by atoms with Crippen LogP contribution in [0.2, 0.25) is 0 Å². The van der Waals surface area contributed by atoms with Gasteiger partial charge in [0.2, 0.25) is 11.8 Å². The zero-order valence-corrected chi connectivity index (χ0v) is 7.26. The van der Waals surface area contributed by atoms with E-state index in [1.807, 2.05) is 0 Å². The van der Waals surface area contributed by atoms with E-state index in [0.717, 1.165) is 0 Å². The van der Waals surface area contributed by atoms with Crippen molar-refractivity contribution >= 4 is 11.8 Å². The molecule has 0 aliphatic carbocycles. The highest BCUT2D eigenvalue weighted by Crippen LogP contribution is 1.90. The number of carbonyl (C=O) groups is 2. The fraction of sp³-hybridized carbons (Fsp3) is 0.714. The molecule has 70 valence electrons. The van der Waals surface area contributed by atoms with Crippen molar-refractivity contribution in [3.8, 4) is 0 Å². The van der Waals surface area contributed by atoms with Crippen LogP contribution in [0.25, 0.3) is 0 Å². The smallest absolute Gasteiger partial charge is 0.242 e. The lowest BCUT2D eigenvalue weighted by atomic mass is 10.2. The normalized spacial score (nSPS) is 11.9. The molecule has 0 heterocycles. The summed E-state index contributed by atoms with van der Waals surface area (Å²) >= 11 is 0. The monoisotopic (exact) mass is 174 g/mol. The summed E-state index contributed by atoms with van der Waals surface area (Å²) in [4.78, 5) is 21.6. The maximum absolute atomic E-state index is 11.0. The second-order valence-electron chi connectivity index (χ2n) is 2.38. The van der Waals surface area contributed by atoms with Gasteiger partial charge < -0.3 is 15.7 Å². The van der Waals surface area contributed by atoms with Crippen molar-refractivity contribution < 1.29 is 14.7 Å². The van der Waals surface area contributed by atoms with Crippen LogP contribution >= 0.6 is 0 Å². The number of rotatable bonds is 4. The predicted octanol–water partition coefficient (Wildman–Crippen LogP) is -1.38. The topological polar surface area (TPSA) is 78.4 Å². The number of hydrogen-bond acceptors (Lipinski definition) is 3. The van der Waals surface area contributed by atoms with Gasteiger partial charge in [-0.2, -0.15) is 0 Å². The molecule has 0 spiro atoms. The third-order valence-corrected chi connectivity index (χ3v) is 1.36. The van der Waals surface area contributed by atoms with Gasteiger partial charge in [0, 0.05) is 20.6 Å². The Bertz CT molecular complexity index is 170. The van der Waals surface area contributed by atoms with Crippen LogP contribution in [-0.2, 0) is 9.59 Å². The van der Waals surface area contributed by atoms with Crippen molar-refractivity contribution in [2.45, 2.75) is 19.4 Å². The van der Waals surface area contributed by atoms with Gasteiger partial charge in [0.25, 0.3) is 0 Å². The number of carbonyl (C=O) groups excluding carboxylic acids is 2. The van der Waals surface area contributed by atoms with Gasteiger partial charge in [0.05, 0.1) is 0 Å². The first-order valence-electron chi connectivity index (χ1n) is 3.71. The summed E-state index contributed by atoms with van der Waals surface area (Å²) < 4.78 is 0. The molecule has 0 aromatic carbocycles. The highest BCUT2D eigenvalue weighted by atomic mass is 16.3. The van der Waals surface area contributed by atoms with Crippen molar-refractivity contribution in [1.82, 2.24) is 10.6 Å². The van der Waals surface area contributed by atoms with Crippen LogP contribution in [0, 0.1) is 0 Å². The summed E-state index contributed by atoms with van der Waals surface area (Å²) in [6.07, 6.45) is 0.235. The number of likely N-dealkylation sites (N-methyl/N-ethyl adjacent to an activating group) is 1. The van der Waals surface area contributed by atoms with E-state index in [1.54, 1.807) is 0 Å². The largest absolute Gasteiger partial charge is 0.396 e. The molecule has 0 fully saturated rings. The zero-order valence-electron chi connectivity index (χ0n) is 7.26. The molecule has 1 atom stereocenters. The molecular weight excluding hydrogens is 160 g/mol. The van der Waals surface area contributed by atoms with Gasteiger partial charge in [0.1, 0.15) is 6.04 Å². The second-order valence-corrected chi connectivity index (χ2v) is 2.38. The van der Waals surface area contributed by atoms with Crippen LogP contribution in [0.4, 0.5) is 0 Å². The Hall–Kier alpha value is -1.10. The summed E-state index contributed by atoms with van der Waals surface area (Å²) in [5, 5.41) is 13.4. The predicted molar refractivity (Wildman–Crippen MR) is 43.4 cm³/mol. The zero-order chi connectivity index (χ0) is 9.56. The summed E-state index contributed by atoms with van der Waals surface area (Å²) in [6, 6.07) is -0.627. The number of hydrogen-bond donors (Lipinski definition) is 3. The second kappa shape index (κ2) is 5.54. The highest BCUT2D eigenvalue weighted by molar-refractivity contribution is 5.86. The third-order valence-electron chi connectivity index (χ3n) is 1.36. The molecule has 0 saturated carbocycles. The van der Waals surface area contributed by atoms with Crippen molar-refractivity contribution in [1.29, 1.82) is 0 Å². The van der Waals surface area contributed by atoms with E-state index in [0.29, 0.717) is 0 Å². The Morgan fingerprint density at radius 2 is 2.08 bits per heavy atom. The van der Waals surface area contributed by atoms with Crippen LogP contribution in [0.1, 0.15) is 13.3 Å². The van der Waals surface area contributed by atoms with Crippen molar-refractivity contribution in [2.75, 3.05) is 13.7 Å². The van der Waals surface area contributed by atoms with E-state index >= 15 is 0 Å². The molecule has 3 N–H and O–H groups in total. The summed E-state index contributed by atoms with van der Waals surface area (Å²) in [6.45, 7) is 1.20. The summed E-state index contributed by atoms with van der Waals surface area (Å²) in [5.41, 5.74) is 0.